The Bertz CT molecular complexity index is 3710. The van der Waals surface area contributed by atoms with Gasteiger partial charge in [0.2, 0.25) is 0 Å². The zero-order valence-electron chi connectivity index (χ0n) is 45.2. The first-order chi connectivity index (χ1) is 34.6. The summed E-state index contributed by atoms with van der Waals surface area (Å²) in [6.45, 7) is 30.6. The van der Waals surface area contributed by atoms with Crippen LogP contribution in [-0.4, -0.2) is 6.85 Å². The number of para-hydroxylation sites is 3. The maximum Gasteiger partial charge on any atom is 0.333 e. The molecule has 1 aromatic heterocycles. The standard InChI is InChI=1S/C68H68BN3O/c1-41-37-52-53(67(10,11)36-35-66(52,8)9)40-57(41)72-56-34-33-48-47-19-14-17-24-59(47)73-63(48)60(56)49-38-46(70(44-29-25-42(26-30-44)64(2,3)4)45-31-27-43(28-32-45)65(5,6)7)39-58-61(49)69(72)54-22-18-21-51-62(54)71(58)55-23-16-15-20-50(55)68(51,12)13/h14-34,37-40H,35-36H2,1-13H3. The zero-order valence-corrected chi connectivity index (χ0v) is 45.2. The second-order valence-electron chi connectivity index (χ2n) is 25.7. The van der Waals surface area contributed by atoms with Crippen LogP contribution in [0.5, 0.6) is 0 Å². The number of nitrogens with zero attached hydrogens (tertiary/aromatic N) is 3. The molecule has 4 nitrogen and oxygen atoms in total. The predicted molar refractivity (Wildman–Crippen MR) is 312 cm³/mol. The Kier molecular flexibility index (Phi) is 9.61. The lowest BCUT2D eigenvalue weighted by atomic mass is 9.42. The van der Waals surface area contributed by atoms with E-state index in [2.05, 4.69) is 256 Å². The molecule has 73 heavy (non-hydrogen) atoms. The van der Waals surface area contributed by atoms with Gasteiger partial charge in [0.1, 0.15) is 11.2 Å². The Morgan fingerprint density at radius 2 is 1.12 bits per heavy atom. The SMILES string of the molecule is Cc1cc2c(cc1N1B3c4cccc5c4N(c4ccccc4C5(C)C)c4cc(N(c5ccc(C(C)(C)C)cc5)c5ccc(C(C)(C)C)cc5)cc(c43)-c3c1ccc1c3oc3ccccc31)C(C)(C)CCC2(C)C. The van der Waals surface area contributed by atoms with Crippen molar-refractivity contribution >= 4 is 85.2 Å². The maximum absolute atomic E-state index is 7.24. The third-order valence-electron chi connectivity index (χ3n) is 17.7. The van der Waals surface area contributed by atoms with Crippen molar-refractivity contribution in [2.45, 2.75) is 130 Å². The van der Waals surface area contributed by atoms with Crippen LogP contribution in [0.25, 0.3) is 33.1 Å². The Morgan fingerprint density at radius 1 is 0.521 bits per heavy atom. The van der Waals surface area contributed by atoms with E-state index in [0.717, 1.165) is 51.0 Å². The van der Waals surface area contributed by atoms with Crippen LogP contribution in [0, 0.1) is 6.92 Å². The summed E-state index contributed by atoms with van der Waals surface area (Å²) < 4.78 is 7.24. The smallest absolute Gasteiger partial charge is 0.333 e. The van der Waals surface area contributed by atoms with Crippen LogP contribution < -0.4 is 25.5 Å². The number of hydrogen-bond acceptors (Lipinski definition) is 4. The summed E-state index contributed by atoms with van der Waals surface area (Å²) in [5.41, 5.74) is 25.7. The normalized spacial score (nSPS) is 16.7. The highest BCUT2D eigenvalue weighted by molar-refractivity contribution is 6.94. The number of furan rings is 1. The van der Waals surface area contributed by atoms with Crippen LogP contribution in [0.2, 0.25) is 0 Å². The Hall–Kier alpha value is -6.98. The lowest BCUT2D eigenvalue weighted by Crippen LogP contribution is -2.62. The fourth-order valence-corrected chi connectivity index (χ4v) is 13.4. The van der Waals surface area contributed by atoms with E-state index in [4.69, 9.17) is 4.42 Å². The van der Waals surface area contributed by atoms with Crippen LogP contribution >= 0.6 is 0 Å². The van der Waals surface area contributed by atoms with Crippen molar-refractivity contribution in [3.63, 3.8) is 0 Å². The van der Waals surface area contributed by atoms with E-state index in [0.29, 0.717) is 0 Å². The summed E-state index contributed by atoms with van der Waals surface area (Å²) in [6.07, 6.45) is 2.32. The number of anilines is 8. The largest absolute Gasteiger partial charge is 0.455 e. The second kappa shape index (κ2) is 15.3. The second-order valence-corrected chi connectivity index (χ2v) is 25.7. The molecule has 364 valence electrons. The molecule has 3 aliphatic heterocycles. The number of benzene rings is 8. The van der Waals surface area contributed by atoms with Gasteiger partial charge in [-0.1, -0.05) is 168 Å². The van der Waals surface area contributed by atoms with E-state index in [1.54, 1.807) is 0 Å². The van der Waals surface area contributed by atoms with Gasteiger partial charge in [0.25, 0.3) is 0 Å². The maximum atomic E-state index is 7.24. The molecule has 5 heteroatoms. The van der Waals surface area contributed by atoms with Gasteiger partial charge in [-0.3, -0.25) is 0 Å². The van der Waals surface area contributed by atoms with Gasteiger partial charge < -0.3 is 19.0 Å². The quantitative estimate of drug-likeness (QED) is 0.164. The fraction of sp³-hybridized carbons (Fsp3) is 0.294. The van der Waals surface area contributed by atoms with Gasteiger partial charge in [0, 0.05) is 61.6 Å². The third kappa shape index (κ3) is 6.65. The van der Waals surface area contributed by atoms with Crippen molar-refractivity contribution in [3.05, 3.63) is 191 Å². The van der Waals surface area contributed by atoms with Crippen LogP contribution in [-0.2, 0) is 27.1 Å². The lowest BCUT2D eigenvalue weighted by Gasteiger charge is -2.51. The number of hydrogen-bond donors (Lipinski definition) is 0. The van der Waals surface area contributed by atoms with Crippen molar-refractivity contribution in [2.24, 2.45) is 0 Å². The Balaban J connectivity index is 1.18. The molecule has 0 bridgehead atoms. The molecule has 0 amide bonds. The average molecular weight is 954 g/mol. The number of fused-ring (bicyclic) bond motifs is 11. The van der Waals surface area contributed by atoms with E-state index >= 15 is 0 Å². The molecule has 4 heterocycles. The van der Waals surface area contributed by atoms with Crippen molar-refractivity contribution in [1.82, 2.24) is 0 Å². The van der Waals surface area contributed by atoms with E-state index in [9.17, 15) is 0 Å². The Morgan fingerprint density at radius 3 is 1.78 bits per heavy atom. The fourth-order valence-electron chi connectivity index (χ4n) is 13.4. The van der Waals surface area contributed by atoms with Gasteiger partial charge in [0.05, 0.1) is 5.69 Å². The van der Waals surface area contributed by atoms with Gasteiger partial charge in [-0.2, -0.15) is 0 Å². The molecule has 0 unspecified atom stereocenters. The minimum atomic E-state index is -0.249. The van der Waals surface area contributed by atoms with Crippen molar-refractivity contribution < 1.29 is 4.42 Å². The highest BCUT2D eigenvalue weighted by atomic mass is 16.3. The molecule has 0 radical (unpaired) electrons. The highest BCUT2D eigenvalue weighted by Gasteiger charge is 2.51. The molecule has 9 aromatic rings. The summed E-state index contributed by atoms with van der Waals surface area (Å²) in [5, 5.41) is 2.27. The molecular formula is C68H68BN3O. The van der Waals surface area contributed by atoms with Gasteiger partial charge in [-0.25, -0.2) is 0 Å². The highest BCUT2D eigenvalue weighted by Crippen LogP contribution is 2.58. The van der Waals surface area contributed by atoms with Crippen LogP contribution in [0.4, 0.5) is 45.5 Å². The van der Waals surface area contributed by atoms with Gasteiger partial charge in [0.15, 0.2) is 0 Å². The van der Waals surface area contributed by atoms with Crippen molar-refractivity contribution in [2.75, 3.05) is 14.6 Å². The summed E-state index contributed by atoms with van der Waals surface area (Å²) in [5.74, 6) is 0. The minimum absolute atomic E-state index is 0.0130. The van der Waals surface area contributed by atoms with E-state index in [1.165, 1.54) is 90.3 Å². The van der Waals surface area contributed by atoms with Gasteiger partial charge in [-0.15, -0.1) is 0 Å². The van der Waals surface area contributed by atoms with Crippen LogP contribution in [0.3, 0.4) is 0 Å². The molecule has 0 saturated carbocycles. The van der Waals surface area contributed by atoms with Gasteiger partial charge in [-0.05, 0) is 164 Å². The van der Waals surface area contributed by atoms with Crippen LogP contribution in [0.15, 0.2) is 156 Å². The van der Waals surface area contributed by atoms with Crippen molar-refractivity contribution in [3.8, 4) is 11.1 Å². The molecule has 4 aliphatic rings. The topological polar surface area (TPSA) is 22.9 Å². The molecule has 0 spiro atoms. The molecule has 0 N–H and O–H groups in total. The first-order valence-electron chi connectivity index (χ1n) is 26.8. The third-order valence-corrected chi connectivity index (χ3v) is 17.7. The summed E-state index contributed by atoms with van der Waals surface area (Å²) >= 11 is 0. The molecule has 8 aromatic carbocycles. The summed E-state index contributed by atoms with van der Waals surface area (Å²) in [6, 6.07) is 58.4. The summed E-state index contributed by atoms with van der Waals surface area (Å²) in [7, 11) is 0. The number of rotatable bonds is 4. The molecule has 0 fully saturated rings. The first-order valence-corrected chi connectivity index (χ1v) is 26.8. The minimum Gasteiger partial charge on any atom is -0.455 e. The molecule has 0 saturated heterocycles. The van der Waals surface area contributed by atoms with E-state index in [-0.39, 0.29) is 33.9 Å². The zero-order chi connectivity index (χ0) is 50.9. The van der Waals surface area contributed by atoms with Crippen molar-refractivity contribution in [1.29, 1.82) is 0 Å². The summed E-state index contributed by atoms with van der Waals surface area (Å²) in [4.78, 5) is 7.87. The average Bonchev–Trinajstić information content (AvgIpc) is 3.75. The van der Waals surface area contributed by atoms with E-state index < -0.39 is 0 Å². The molecule has 1 aliphatic carbocycles. The lowest BCUT2D eigenvalue weighted by molar-refractivity contribution is 0.332. The molecule has 13 rings (SSSR count). The van der Waals surface area contributed by atoms with Crippen LogP contribution in [0.1, 0.15) is 135 Å². The Labute approximate surface area is 433 Å². The van der Waals surface area contributed by atoms with E-state index in [1.807, 2.05) is 0 Å². The van der Waals surface area contributed by atoms with Gasteiger partial charge >= 0.3 is 6.85 Å². The predicted octanol–water partition coefficient (Wildman–Crippen LogP) is 17.7. The monoisotopic (exact) mass is 954 g/mol. The molecular weight excluding hydrogens is 886 g/mol. The first kappa shape index (κ1) is 45.9. The molecule has 0 atom stereocenters. The number of aryl methyl sites for hydroxylation is 1.